The predicted octanol–water partition coefficient (Wildman–Crippen LogP) is 2.71. The molecule has 0 spiro atoms. The van der Waals surface area contributed by atoms with E-state index in [9.17, 15) is 0 Å². The van der Waals surface area contributed by atoms with E-state index < -0.39 is 0 Å². The minimum absolute atomic E-state index is 0.592. The molecule has 1 aromatic heterocycles. The first-order chi connectivity index (χ1) is 9.43. The van der Waals surface area contributed by atoms with Crippen LogP contribution in [0.4, 0.5) is 5.95 Å². The second-order valence-electron chi connectivity index (χ2n) is 4.92. The lowest BCUT2D eigenvalue weighted by atomic mass is 10.0. The molecule has 1 fully saturated rings. The number of benzene rings is 1. The second-order valence-corrected chi connectivity index (χ2v) is 4.92. The lowest BCUT2D eigenvalue weighted by Gasteiger charge is -2.22. The molecule has 0 radical (unpaired) electrons. The minimum atomic E-state index is 0.592. The van der Waals surface area contributed by atoms with Crippen LogP contribution in [0.15, 0.2) is 42.7 Å². The van der Waals surface area contributed by atoms with Crippen LogP contribution in [0.25, 0.3) is 5.69 Å². The third kappa shape index (κ3) is 2.96. The van der Waals surface area contributed by atoms with E-state index in [0.717, 1.165) is 31.4 Å². The number of aromatic nitrogens is 2. The fourth-order valence-corrected chi connectivity index (χ4v) is 2.44. The first kappa shape index (κ1) is 12.2. The van der Waals surface area contributed by atoms with Crippen LogP contribution in [0.2, 0.25) is 0 Å². The van der Waals surface area contributed by atoms with Gasteiger partial charge in [0.15, 0.2) is 0 Å². The molecule has 1 N–H and O–H groups in total. The van der Waals surface area contributed by atoms with Gasteiger partial charge < -0.3 is 10.1 Å². The predicted molar refractivity (Wildman–Crippen MR) is 75.6 cm³/mol. The Balaban J connectivity index is 1.67. The summed E-state index contributed by atoms with van der Waals surface area (Å²) in [6.45, 7) is 2.69. The molecule has 1 aromatic carbocycles. The number of ether oxygens (including phenoxy) is 1. The summed E-state index contributed by atoms with van der Waals surface area (Å²) in [7, 11) is 0. The van der Waals surface area contributed by atoms with Crippen molar-refractivity contribution in [3.8, 4) is 5.69 Å². The van der Waals surface area contributed by atoms with Crippen molar-refractivity contribution in [2.45, 2.75) is 12.8 Å². The SMILES string of the molecule is c1ccc(-n2ccnc2NCC2CCCOC2)cc1. The van der Waals surface area contributed by atoms with Gasteiger partial charge in [0.2, 0.25) is 5.95 Å². The molecular formula is C15H19N3O. The first-order valence-corrected chi connectivity index (χ1v) is 6.84. The standard InChI is InChI=1S/C15H19N3O/c1-2-6-14(7-3-1)18-9-8-16-15(18)17-11-13-5-4-10-19-12-13/h1-3,6-9,13H,4-5,10-12H2,(H,16,17). The van der Waals surface area contributed by atoms with Crippen LogP contribution in [0.5, 0.6) is 0 Å². The lowest BCUT2D eigenvalue weighted by Crippen LogP contribution is -2.25. The van der Waals surface area contributed by atoms with Crippen molar-refractivity contribution in [2.75, 3.05) is 25.1 Å². The van der Waals surface area contributed by atoms with Crippen molar-refractivity contribution >= 4 is 5.95 Å². The van der Waals surface area contributed by atoms with Crippen LogP contribution >= 0.6 is 0 Å². The van der Waals surface area contributed by atoms with Gasteiger partial charge in [-0.05, 0) is 30.9 Å². The highest BCUT2D eigenvalue weighted by Crippen LogP contribution is 2.17. The van der Waals surface area contributed by atoms with Gasteiger partial charge in [0.1, 0.15) is 0 Å². The van der Waals surface area contributed by atoms with Crippen molar-refractivity contribution in [3.05, 3.63) is 42.7 Å². The summed E-state index contributed by atoms with van der Waals surface area (Å²) >= 11 is 0. The summed E-state index contributed by atoms with van der Waals surface area (Å²) in [5.41, 5.74) is 1.13. The third-order valence-electron chi connectivity index (χ3n) is 3.48. The summed E-state index contributed by atoms with van der Waals surface area (Å²) < 4.78 is 7.57. The van der Waals surface area contributed by atoms with E-state index in [0.29, 0.717) is 5.92 Å². The van der Waals surface area contributed by atoms with Crippen molar-refractivity contribution < 1.29 is 4.74 Å². The van der Waals surface area contributed by atoms with Crippen molar-refractivity contribution in [1.29, 1.82) is 0 Å². The van der Waals surface area contributed by atoms with E-state index in [1.807, 2.05) is 30.6 Å². The summed E-state index contributed by atoms with van der Waals surface area (Å²) in [6.07, 6.45) is 6.21. The van der Waals surface area contributed by atoms with Crippen LogP contribution in [0.1, 0.15) is 12.8 Å². The van der Waals surface area contributed by atoms with Gasteiger partial charge >= 0.3 is 0 Å². The average Bonchev–Trinajstić information content (AvgIpc) is 2.95. The summed E-state index contributed by atoms with van der Waals surface area (Å²) in [5.74, 6) is 1.49. The van der Waals surface area contributed by atoms with Crippen LogP contribution < -0.4 is 5.32 Å². The summed E-state index contributed by atoms with van der Waals surface area (Å²) in [5, 5.41) is 3.43. The molecule has 0 bridgehead atoms. The molecule has 0 amide bonds. The smallest absolute Gasteiger partial charge is 0.207 e. The van der Waals surface area contributed by atoms with Gasteiger partial charge in [-0.2, -0.15) is 0 Å². The maximum absolute atomic E-state index is 5.50. The van der Waals surface area contributed by atoms with Gasteiger partial charge in [0.05, 0.1) is 6.61 Å². The van der Waals surface area contributed by atoms with Gasteiger partial charge in [-0.15, -0.1) is 0 Å². The molecule has 0 aliphatic carbocycles. The number of rotatable bonds is 4. The summed E-state index contributed by atoms with van der Waals surface area (Å²) in [4.78, 5) is 4.39. The zero-order valence-electron chi connectivity index (χ0n) is 11.0. The van der Waals surface area contributed by atoms with Crippen LogP contribution in [0.3, 0.4) is 0 Å². The number of para-hydroxylation sites is 1. The number of anilines is 1. The Labute approximate surface area is 113 Å². The highest BCUT2D eigenvalue weighted by molar-refractivity contribution is 5.41. The molecule has 1 aliphatic heterocycles. The maximum atomic E-state index is 5.50. The van der Waals surface area contributed by atoms with Gasteiger partial charge in [0, 0.05) is 31.2 Å². The van der Waals surface area contributed by atoms with E-state index >= 15 is 0 Å². The molecule has 1 saturated heterocycles. The molecule has 1 aliphatic rings. The number of imidazole rings is 1. The van der Waals surface area contributed by atoms with Crippen LogP contribution in [-0.2, 0) is 4.74 Å². The van der Waals surface area contributed by atoms with E-state index in [1.165, 1.54) is 12.8 Å². The maximum Gasteiger partial charge on any atom is 0.207 e. The molecule has 4 nitrogen and oxygen atoms in total. The quantitative estimate of drug-likeness (QED) is 0.915. The minimum Gasteiger partial charge on any atom is -0.381 e. The molecule has 1 unspecified atom stereocenters. The first-order valence-electron chi connectivity index (χ1n) is 6.84. The monoisotopic (exact) mass is 257 g/mol. The Hall–Kier alpha value is -1.81. The largest absolute Gasteiger partial charge is 0.381 e. The zero-order chi connectivity index (χ0) is 12.9. The fraction of sp³-hybridized carbons (Fsp3) is 0.400. The van der Waals surface area contributed by atoms with Gasteiger partial charge in [0.25, 0.3) is 0 Å². The number of nitrogens with one attached hydrogen (secondary N) is 1. The van der Waals surface area contributed by atoms with Crippen molar-refractivity contribution in [3.63, 3.8) is 0 Å². The zero-order valence-corrected chi connectivity index (χ0v) is 11.0. The molecule has 3 rings (SSSR count). The van der Waals surface area contributed by atoms with Crippen LogP contribution in [-0.4, -0.2) is 29.3 Å². The Morgan fingerprint density at radius 1 is 1.32 bits per heavy atom. The highest BCUT2D eigenvalue weighted by Gasteiger charge is 2.14. The summed E-state index contributed by atoms with van der Waals surface area (Å²) in [6, 6.07) is 10.3. The second kappa shape index (κ2) is 5.89. The van der Waals surface area contributed by atoms with Gasteiger partial charge in [-0.3, -0.25) is 4.57 Å². The molecule has 4 heteroatoms. The average molecular weight is 257 g/mol. The van der Waals surface area contributed by atoms with E-state index in [2.05, 4.69) is 27.0 Å². The molecule has 19 heavy (non-hydrogen) atoms. The topological polar surface area (TPSA) is 39.1 Å². The van der Waals surface area contributed by atoms with Crippen LogP contribution in [0, 0.1) is 5.92 Å². The fourth-order valence-electron chi connectivity index (χ4n) is 2.44. The van der Waals surface area contributed by atoms with E-state index in [-0.39, 0.29) is 0 Å². The molecule has 1 atom stereocenters. The normalized spacial score (nSPS) is 19.3. The number of hydrogen-bond donors (Lipinski definition) is 1. The van der Waals surface area contributed by atoms with Gasteiger partial charge in [-0.1, -0.05) is 18.2 Å². The molecule has 100 valence electrons. The molecule has 2 aromatic rings. The molecule has 2 heterocycles. The molecular weight excluding hydrogens is 238 g/mol. The Morgan fingerprint density at radius 2 is 2.21 bits per heavy atom. The number of hydrogen-bond acceptors (Lipinski definition) is 3. The number of nitrogens with zero attached hydrogens (tertiary/aromatic N) is 2. The third-order valence-corrected chi connectivity index (χ3v) is 3.48. The Kier molecular flexibility index (Phi) is 3.79. The van der Waals surface area contributed by atoms with E-state index in [1.54, 1.807) is 0 Å². The molecule has 0 saturated carbocycles. The van der Waals surface area contributed by atoms with Gasteiger partial charge in [-0.25, -0.2) is 4.98 Å². The Bertz CT molecular complexity index is 503. The lowest BCUT2D eigenvalue weighted by molar-refractivity contribution is 0.0594. The van der Waals surface area contributed by atoms with Crippen molar-refractivity contribution in [1.82, 2.24) is 9.55 Å². The highest BCUT2D eigenvalue weighted by atomic mass is 16.5. The van der Waals surface area contributed by atoms with Crippen molar-refractivity contribution in [2.24, 2.45) is 5.92 Å². The Morgan fingerprint density at radius 3 is 3.00 bits per heavy atom. The van der Waals surface area contributed by atoms with E-state index in [4.69, 9.17) is 4.74 Å².